The first-order valence-corrected chi connectivity index (χ1v) is 9.63. The Balaban J connectivity index is 1.78. The summed E-state index contributed by atoms with van der Waals surface area (Å²) < 4.78 is 3.93. The van der Waals surface area contributed by atoms with Gasteiger partial charge in [-0.1, -0.05) is 5.16 Å². The lowest BCUT2D eigenvalue weighted by Crippen LogP contribution is -2.71. The van der Waals surface area contributed by atoms with Gasteiger partial charge in [0, 0.05) is 17.3 Å². The number of carbonyl (C=O) groups is 3. The van der Waals surface area contributed by atoms with Gasteiger partial charge in [-0.3, -0.25) is 14.5 Å². The summed E-state index contributed by atoms with van der Waals surface area (Å²) >= 11 is 2.23. The molecule has 0 radical (unpaired) electrons. The summed E-state index contributed by atoms with van der Waals surface area (Å²) in [6.07, 6.45) is 0. The fraction of sp³-hybridized carbons (Fsp3) is 0.429. The number of hydrogen-bond donors (Lipinski definition) is 2. The molecule has 1 aromatic heterocycles. The van der Waals surface area contributed by atoms with Gasteiger partial charge in [-0.2, -0.15) is 9.36 Å². The molecule has 13 heteroatoms. The number of aliphatic carboxylic acids is 1. The van der Waals surface area contributed by atoms with E-state index in [0.717, 1.165) is 16.4 Å². The average Bonchev–Trinajstić information content (AvgIpc) is 3.05. The van der Waals surface area contributed by atoms with Crippen molar-refractivity contribution >= 4 is 51.9 Å². The highest BCUT2D eigenvalue weighted by molar-refractivity contribution is 8.00. The number of amides is 2. The van der Waals surface area contributed by atoms with E-state index in [1.54, 1.807) is 13.8 Å². The second-order valence-electron chi connectivity index (χ2n) is 5.59. The second kappa shape index (κ2) is 7.52. The summed E-state index contributed by atoms with van der Waals surface area (Å²) in [5.74, 6) is -2.29. The number of anilines is 1. The van der Waals surface area contributed by atoms with Crippen LogP contribution in [0.2, 0.25) is 0 Å². The van der Waals surface area contributed by atoms with Gasteiger partial charge >= 0.3 is 0 Å². The molecule has 0 aliphatic carbocycles. The molecule has 2 aliphatic rings. The van der Waals surface area contributed by atoms with E-state index in [-0.39, 0.29) is 29.0 Å². The third-order valence-corrected chi connectivity index (χ3v) is 5.76. The van der Waals surface area contributed by atoms with E-state index >= 15 is 0 Å². The molecule has 0 aromatic carbocycles. The van der Waals surface area contributed by atoms with Crippen LogP contribution in [0.1, 0.15) is 19.7 Å². The first kappa shape index (κ1) is 19.1. The number of hydrogen-bond acceptors (Lipinski definition) is 11. The molecule has 27 heavy (non-hydrogen) atoms. The minimum absolute atomic E-state index is 0.0189. The van der Waals surface area contributed by atoms with Gasteiger partial charge in [0.1, 0.15) is 18.0 Å². The Hall–Kier alpha value is -2.67. The fourth-order valence-electron chi connectivity index (χ4n) is 2.62. The van der Waals surface area contributed by atoms with E-state index in [1.807, 2.05) is 0 Å². The van der Waals surface area contributed by atoms with Crippen LogP contribution in [-0.4, -0.2) is 61.5 Å². The van der Waals surface area contributed by atoms with Crippen molar-refractivity contribution in [3.63, 3.8) is 0 Å². The zero-order chi connectivity index (χ0) is 19.7. The van der Waals surface area contributed by atoms with Crippen LogP contribution in [0.3, 0.4) is 0 Å². The Morgan fingerprint density at radius 1 is 1.52 bits per heavy atom. The molecule has 0 unspecified atom stereocenters. The van der Waals surface area contributed by atoms with Crippen LogP contribution in [0.25, 0.3) is 0 Å². The number of nitrogens with two attached hydrogens (primary N) is 1. The normalized spacial score (nSPS) is 22.2. The molecule has 2 atom stereocenters. The zero-order valence-corrected chi connectivity index (χ0v) is 15.9. The number of carbonyl (C=O) groups excluding carboxylic acids is 3. The van der Waals surface area contributed by atoms with Crippen LogP contribution in [0.5, 0.6) is 0 Å². The average molecular weight is 411 g/mol. The summed E-state index contributed by atoms with van der Waals surface area (Å²) in [6.45, 7) is 3.52. The van der Waals surface area contributed by atoms with Gasteiger partial charge in [-0.25, -0.2) is 0 Å². The number of carboxylic acid groups (broad SMARTS) is 1. The number of oxime groups is 1. The van der Waals surface area contributed by atoms with E-state index in [0.29, 0.717) is 11.3 Å². The predicted molar refractivity (Wildman–Crippen MR) is 95.2 cm³/mol. The Kier molecular flexibility index (Phi) is 5.32. The van der Waals surface area contributed by atoms with E-state index in [1.165, 1.54) is 11.8 Å². The standard InChI is InChI=1S/C14H16N6O5S2/c1-3-25-18-6(9-17-14(15)27-19-9)10(21)16-7-11(22)20-8(13(23)24)5(2)4-26-12(7)20/h7,12H,3-4H2,1-2H3,(H,16,21)(H,23,24)(H2,15,17,19)/p-1/b18-6-/t7-,12-/m1/s1. The van der Waals surface area contributed by atoms with E-state index < -0.39 is 29.2 Å². The van der Waals surface area contributed by atoms with Gasteiger partial charge in [0.25, 0.3) is 11.8 Å². The maximum Gasteiger partial charge on any atom is 0.278 e. The van der Waals surface area contributed by atoms with Crippen molar-refractivity contribution in [1.29, 1.82) is 0 Å². The molecule has 3 N–H and O–H groups in total. The van der Waals surface area contributed by atoms with Crippen LogP contribution in [-0.2, 0) is 19.2 Å². The quantitative estimate of drug-likeness (QED) is 0.315. The summed E-state index contributed by atoms with van der Waals surface area (Å²) in [7, 11) is 0. The molecule has 0 spiro atoms. The largest absolute Gasteiger partial charge is 0.543 e. The first-order chi connectivity index (χ1) is 12.8. The molecular weight excluding hydrogens is 396 g/mol. The van der Waals surface area contributed by atoms with Crippen molar-refractivity contribution < 1.29 is 24.3 Å². The SMILES string of the molecule is CCO/N=C(\C(=O)N[C@@H]1C(=O)N2C(C(=O)[O-])=C(C)CS[C@H]12)c1nsc(N)n1. The number of aromatic nitrogens is 2. The molecule has 144 valence electrons. The summed E-state index contributed by atoms with van der Waals surface area (Å²) in [4.78, 5) is 46.3. The van der Waals surface area contributed by atoms with Crippen LogP contribution in [0, 0.1) is 0 Å². The molecule has 3 rings (SSSR count). The van der Waals surface area contributed by atoms with Crippen molar-refractivity contribution in [3.8, 4) is 0 Å². The molecule has 1 fully saturated rings. The molecule has 11 nitrogen and oxygen atoms in total. The summed E-state index contributed by atoms with van der Waals surface area (Å²) in [5.41, 5.74) is 5.71. The lowest BCUT2D eigenvalue weighted by atomic mass is 10.0. The van der Waals surface area contributed by atoms with E-state index in [2.05, 4.69) is 19.8 Å². The number of nitrogen functional groups attached to an aromatic ring is 1. The molecule has 0 saturated carbocycles. The number of nitrogens with zero attached hydrogens (tertiary/aromatic N) is 4. The van der Waals surface area contributed by atoms with Crippen molar-refractivity contribution in [2.75, 3.05) is 18.1 Å². The van der Waals surface area contributed by atoms with Gasteiger partial charge in [-0.05, 0) is 19.4 Å². The number of β-lactam (4-membered cyclic amide) rings is 1. The maximum absolute atomic E-state index is 12.6. The molecule has 0 bridgehead atoms. The Labute approximate surface area is 161 Å². The third-order valence-electron chi connectivity index (χ3n) is 3.79. The highest BCUT2D eigenvalue weighted by Crippen LogP contribution is 2.39. The van der Waals surface area contributed by atoms with E-state index in [4.69, 9.17) is 10.6 Å². The molecule has 2 aliphatic heterocycles. The molecule has 2 amide bonds. The van der Waals surface area contributed by atoms with Crippen molar-refractivity contribution in [1.82, 2.24) is 19.6 Å². The lowest BCUT2D eigenvalue weighted by Gasteiger charge is -2.50. The van der Waals surface area contributed by atoms with Gasteiger partial charge in [0.2, 0.25) is 11.5 Å². The first-order valence-electron chi connectivity index (χ1n) is 7.81. The number of fused-ring (bicyclic) bond motifs is 1. The van der Waals surface area contributed by atoms with Gasteiger partial charge in [0.15, 0.2) is 5.13 Å². The number of rotatable bonds is 6. The zero-order valence-electron chi connectivity index (χ0n) is 14.3. The summed E-state index contributed by atoms with van der Waals surface area (Å²) in [6, 6.07) is -0.909. The molecular formula is C14H15N6O5S2-. The van der Waals surface area contributed by atoms with Crippen LogP contribution >= 0.6 is 23.3 Å². The number of thioether (sulfide) groups is 1. The highest BCUT2D eigenvalue weighted by atomic mass is 32.2. The molecule has 1 aromatic rings. The van der Waals surface area contributed by atoms with Gasteiger partial charge < -0.3 is 25.8 Å². The molecule has 1 saturated heterocycles. The lowest BCUT2D eigenvalue weighted by molar-refractivity contribution is -0.301. The van der Waals surface area contributed by atoms with Gasteiger partial charge in [0.05, 0.1) is 11.7 Å². The van der Waals surface area contributed by atoms with Crippen LogP contribution in [0.4, 0.5) is 5.13 Å². The molecule has 3 heterocycles. The smallest absolute Gasteiger partial charge is 0.278 e. The third kappa shape index (κ3) is 3.47. The topological polar surface area (TPSA) is 163 Å². The predicted octanol–water partition coefficient (Wildman–Crippen LogP) is -1.72. The van der Waals surface area contributed by atoms with Crippen molar-refractivity contribution in [2.24, 2.45) is 5.16 Å². The van der Waals surface area contributed by atoms with Crippen molar-refractivity contribution in [2.45, 2.75) is 25.3 Å². The fourth-order valence-corrected chi connectivity index (χ4v) is 4.34. The van der Waals surface area contributed by atoms with Gasteiger partial charge in [-0.15, -0.1) is 11.8 Å². The minimum Gasteiger partial charge on any atom is -0.543 e. The number of carboxylic acids is 1. The van der Waals surface area contributed by atoms with Crippen LogP contribution < -0.4 is 16.2 Å². The van der Waals surface area contributed by atoms with Crippen molar-refractivity contribution in [3.05, 3.63) is 17.1 Å². The monoisotopic (exact) mass is 411 g/mol. The van der Waals surface area contributed by atoms with Crippen LogP contribution in [0.15, 0.2) is 16.4 Å². The number of nitrogens with one attached hydrogen (secondary N) is 1. The van der Waals surface area contributed by atoms with E-state index in [9.17, 15) is 19.5 Å². The maximum atomic E-state index is 12.6. The Bertz CT molecular complexity index is 866. The Morgan fingerprint density at radius 2 is 2.26 bits per heavy atom. The minimum atomic E-state index is -1.42. The second-order valence-corrected chi connectivity index (χ2v) is 7.48. The Morgan fingerprint density at radius 3 is 2.85 bits per heavy atom. The highest BCUT2D eigenvalue weighted by Gasteiger charge is 2.52. The summed E-state index contributed by atoms with van der Waals surface area (Å²) in [5, 5.41) is 17.2.